The van der Waals surface area contributed by atoms with Crippen LogP contribution in [0.5, 0.6) is 0 Å². The Morgan fingerprint density at radius 1 is 1.16 bits per heavy atom. The van der Waals surface area contributed by atoms with Crippen LogP contribution in [0.2, 0.25) is 0 Å². The molecule has 37 heavy (non-hydrogen) atoms. The molecule has 7 nitrogen and oxygen atoms in total. The number of hydrogen-bond donors (Lipinski definition) is 2. The van der Waals surface area contributed by atoms with E-state index < -0.39 is 0 Å². The van der Waals surface area contributed by atoms with E-state index in [1.54, 1.807) is 16.5 Å². The minimum absolute atomic E-state index is 0.0145. The van der Waals surface area contributed by atoms with Crippen molar-refractivity contribution in [3.8, 4) is 11.8 Å². The molecule has 8 heteroatoms. The number of hydrogen-bond acceptors (Lipinski definition) is 6. The molecule has 2 aliphatic rings. The van der Waals surface area contributed by atoms with Crippen LogP contribution < -0.4 is 5.32 Å². The first-order valence-electron chi connectivity index (χ1n) is 12.5. The number of benzene rings is 2. The maximum atomic E-state index is 13.0. The highest BCUT2D eigenvalue weighted by Crippen LogP contribution is 2.27. The number of nitrogens with one attached hydrogen (secondary N) is 1. The van der Waals surface area contributed by atoms with Crippen molar-refractivity contribution < 1.29 is 14.7 Å². The topological polar surface area (TPSA) is 85.8 Å². The second-order valence-corrected chi connectivity index (χ2v) is 10.6. The summed E-state index contributed by atoms with van der Waals surface area (Å²) in [4.78, 5) is 33.4. The van der Waals surface area contributed by atoms with E-state index in [0.717, 1.165) is 54.7 Å². The van der Waals surface area contributed by atoms with Crippen LogP contribution in [0.3, 0.4) is 0 Å². The fourth-order valence-corrected chi connectivity index (χ4v) is 5.44. The van der Waals surface area contributed by atoms with Gasteiger partial charge >= 0.3 is 0 Å². The zero-order valence-electron chi connectivity index (χ0n) is 20.9. The lowest BCUT2D eigenvalue weighted by Crippen LogP contribution is -2.34. The fraction of sp³-hybridized carbons (Fsp3) is 0.345. The Morgan fingerprint density at radius 3 is 2.62 bits per heavy atom. The van der Waals surface area contributed by atoms with Crippen LogP contribution in [-0.4, -0.2) is 57.9 Å². The van der Waals surface area contributed by atoms with Gasteiger partial charge < -0.3 is 15.3 Å². The van der Waals surface area contributed by atoms with E-state index in [0.29, 0.717) is 29.8 Å². The highest BCUT2D eigenvalue weighted by Gasteiger charge is 2.30. The first-order chi connectivity index (χ1) is 18.0. The molecule has 1 saturated heterocycles. The quantitative estimate of drug-likeness (QED) is 0.491. The highest BCUT2D eigenvalue weighted by atomic mass is 32.1. The van der Waals surface area contributed by atoms with Gasteiger partial charge in [0.05, 0.1) is 0 Å². The molecule has 2 amide bonds. The van der Waals surface area contributed by atoms with Crippen molar-refractivity contribution in [2.75, 3.05) is 31.6 Å². The molecule has 1 fully saturated rings. The monoisotopic (exact) mass is 514 g/mol. The zero-order valence-corrected chi connectivity index (χ0v) is 21.7. The van der Waals surface area contributed by atoms with E-state index in [2.05, 4.69) is 39.2 Å². The summed E-state index contributed by atoms with van der Waals surface area (Å²) < 4.78 is 0. The molecule has 2 aromatic carbocycles. The first kappa shape index (κ1) is 25.2. The summed E-state index contributed by atoms with van der Waals surface area (Å²) in [5.74, 6) is 6.47. The van der Waals surface area contributed by atoms with Gasteiger partial charge in [0.2, 0.25) is 5.91 Å². The standard InChI is InChI=1S/C29H30N4O3S/c1-20-14-24(7-4-21-2-5-22(6-3-21)16-32-11-8-23(19-34)9-12-32)15-25-26(20)17-33(28(25)36)18-27(35)31-29-30-10-13-37-29/h2-3,5-6,10,13-15,23,34H,8-9,11-12,16-19H2,1H3,(H,30,31,35). The van der Waals surface area contributed by atoms with Gasteiger partial charge in [-0.1, -0.05) is 24.0 Å². The van der Waals surface area contributed by atoms with Crippen LogP contribution in [-0.2, 0) is 17.9 Å². The molecule has 0 atom stereocenters. The Morgan fingerprint density at radius 2 is 1.92 bits per heavy atom. The number of piperidine rings is 1. The lowest BCUT2D eigenvalue weighted by molar-refractivity contribution is -0.116. The number of thiazole rings is 1. The van der Waals surface area contributed by atoms with Gasteiger partial charge in [-0.15, -0.1) is 11.3 Å². The van der Waals surface area contributed by atoms with Crippen LogP contribution in [0.25, 0.3) is 0 Å². The number of aliphatic hydroxyl groups is 1. The smallest absolute Gasteiger partial charge is 0.255 e. The molecule has 1 aromatic heterocycles. The Labute approximate surface area is 221 Å². The summed E-state index contributed by atoms with van der Waals surface area (Å²) in [6.07, 6.45) is 3.74. The number of carbonyl (C=O) groups excluding carboxylic acids is 2. The molecule has 0 saturated carbocycles. The molecule has 190 valence electrons. The minimum atomic E-state index is -0.258. The first-order valence-corrected chi connectivity index (χ1v) is 13.4. The Kier molecular flexibility index (Phi) is 7.65. The van der Waals surface area contributed by atoms with Crippen molar-refractivity contribution in [3.63, 3.8) is 0 Å². The summed E-state index contributed by atoms with van der Waals surface area (Å²) in [6.45, 7) is 5.64. The van der Waals surface area contributed by atoms with E-state index in [9.17, 15) is 14.7 Å². The molecule has 3 heterocycles. The third kappa shape index (κ3) is 6.08. The van der Waals surface area contributed by atoms with Crippen molar-refractivity contribution >= 4 is 28.3 Å². The van der Waals surface area contributed by atoms with Crippen LogP contribution in [0, 0.1) is 24.7 Å². The molecule has 0 unspecified atom stereocenters. The Bertz CT molecular complexity index is 1330. The third-order valence-corrected chi connectivity index (χ3v) is 7.72. The SMILES string of the molecule is Cc1cc(C#Cc2ccc(CN3CCC(CO)CC3)cc2)cc2c1CN(CC(=O)Nc1nccs1)C2=O. The molecule has 2 N–H and O–H groups in total. The van der Waals surface area contributed by atoms with Crippen LogP contribution in [0.4, 0.5) is 5.13 Å². The Hall–Kier alpha value is -3.51. The third-order valence-electron chi connectivity index (χ3n) is 7.03. The van der Waals surface area contributed by atoms with Crippen LogP contribution in [0.15, 0.2) is 48.0 Å². The number of amides is 2. The predicted octanol–water partition coefficient (Wildman–Crippen LogP) is 3.65. The van der Waals surface area contributed by atoms with Gasteiger partial charge in [-0.3, -0.25) is 14.5 Å². The Balaban J connectivity index is 1.21. The zero-order chi connectivity index (χ0) is 25.8. The van der Waals surface area contributed by atoms with Gasteiger partial charge in [0.15, 0.2) is 5.13 Å². The molecule has 0 spiro atoms. The van der Waals surface area contributed by atoms with Crippen molar-refractivity contribution in [1.82, 2.24) is 14.8 Å². The number of anilines is 1. The van der Waals surface area contributed by atoms with Gasteiger partial charge in [0.25, 0.3) is 5.91 Å². The summed E-state index contributed by atoms with van der Waals surface area (Å²) in [5.41, 5.74) is 5.53. The number of nitrogens with zero attached hydrogens (tertiary/aromatic N) is 3. The lowest BCUT2D eigenvalue weighted by atomic mass is 9.97. The molecule has 3 aromatic rings. The number of likely N-dealkylation sites (tertiary alicyclic amines) is 1. The number of aliphatic hydroxyl groups excluding tert-OH is 1. The molecule has 5 rings (SSSR count). The van der Waals surface area contributed by atoms with Gasteiger partial charge in [0.1, 0.15) is 6.54 Å². The van der Waals surface area contributed by atoms with E-state index in [4.69, 9.17) is 0 Å². The summed E-state index contributed by atoms with van der Waals surface area (Å²) in [5, 5.41) is 14.4. The van der Waals surface area contributed by atoms with Crippen LogP contribution in [0.1, 0.15) is 51.0 Å². The average molecular weight is 515 g/mol. The van der Waals surface area contributed by atoms with E-state index in [1.165, 1.54) is 16.9 Å². The minimum Gasteiger partial charge on any atom is -0.396 e. The van der Waals surface area contributed by atoms with Gasteiger partial charge in [-0.2, -0.15) is 0 Å². The van der Waals surface area contributed by atoms with Gasteiger partial charge in [-0.05, 0) is 79.7 Å². The van der Waals surface area contributed by atoms with Crippen molar-refractivity contribution in [2.24, 2.45) is 5.92 Å². The second-order valence-electron chi connectivity index (χ2n) is 9.71. The normalized spacial score (nSPS) is 15.8. The number of fused-ring (bicyclic) bond motifs is 1. The molecular formula is C29H30N4O3S. The number of rotatable bonds is 6. The van der Waals surface area contributed by atoms with Gasteiger partial charge in [-0.25, -0.2) is 4.98 Å². The molecule has 0 radical (unpaired) electrons. The van der Waals surface area contributed by atoms with E-state index in [1.807, 2.05) is 31.2 Å². The lowest BCUT2D eigenvalue weighted by Gasteiger charge is -2.31. The largest absolute Gasteiger partial charge is 0.396 e. The number of aryl methyl sites for hydroxylation is 1. The molecule has 0 bridgehead atoms. The van der Waals surface area contributed by atoms with E-state index >= 15 is 0 Å². The summed E-state index contributed by atoms with van der Waals surface area (Å²) in [7, 11) is 0. The highest BCUT2D eigenvalue weighted by molar-refractivity contribution is 7.13. The van der Waals surface area contributed by atoms with Crippen molar-refractivity contribution in [2.45, 2.75) is 32.9 Å². The van der Waals surface area contributed by atoms with Crippen molar-refractivity contribution in [3.05, 3.63) is 81.4 Å². The molecule has 0 aliphatic carbocycles. The summed E-state index contributed by atoms with van der Waals surface area (Å²) in [6, 6.07) is 12.2. The maximum absolute atomic E-state index is 13.0. The van der Waals surface area contributed by atoms with Crippen LogP contribution >= 0.6 is 11.3 Å². The molecule has 2 aliphatic heterocycles. The number of aromatic nitrogens is 1. The second kappa shape index (κ2) is 11.3. The fourth-order valence-electron chi connectivity index (χ4n) is 4.89. The predicted molar refractivity (Wildman–Crippen MR) is 144 cm³/mol. The number of carbonyl (C=O) groups is 2. The molecular weight excluding hydrogens is 484 g/mol. The van der Waals surface area contributed by atoms with E-state index in [-0.39, 0.29) is 18.4 Å². The van der Waals surface area contributed by atoms with Crippen molar-refractivity contribution in [1.29, 1.82) is 0 Å². The maximum Gasteiger partial charge on any atom is 0.255 e. The summed E-state index contributed by atoms with van der Waals surface area (Å²) >= 11 is 1.34. The van der Waals surface area contributed by atoms with Gasteiger partial charge in [0, 0.05) is 48.0 Å². The average Bonchev–Trinajstić information content (AvgIpc) is 3.52.